The monoisotopic (exact) mass is 528 g/mol. The molecule has 12 nitrogen and oxygen atoms in total. The van der Waals surface area contributed by atoms with E-state index in [1.165, 1.54) is 6.07 Å². The van der Waals surface area contributed by atoms with Crippen LogP contribution in [-0.4, -0.2) is 51.1 Å². The molecule has 33 heavy (non-hydrogen) atoms. The van der Waals surface area contributed by atoms with E-state index in [2.05, 4.69) is 4.18 Å². The quantitative estimate of drug-likeness (QED) is 0.454. The third-order valence-electron chi connectivity index (χ3n) is 7.28. The van der Waals surface area contributed by atoms with Crippen molar-refractivity contribution >= 4 is 31.2 Å². The van der Waals surface area contributed by atoms with Crippen molar-refractivity contribution in [2.45, 2.75) is 57.2 Å². The zero-order valence-electron chi connectivity index (χ0n) is 17.4. The summed E-state index contributed by atoms with van der Waals surface area (Å²) in [6, 6.07) is 4.71. The van der Waals surface area contributed by atoms with Crippen LogP contribution in [0.1, 0.15) is 49.7 Å². The van der Waals surface area contributed by atoms with Crippen LogP contribution in [0.3, 0.4) is 0 Å². The van der Waals surface area contributed by atoms with E-state index in [9.17, 15) is 34.4 Å². The first-order valence-corrected chi connectivity index (χ1v) is 14.3. The van der Waals surface area contributed by atoms with Gasteiger partial charge in [-0.05, 0) is 73.1 Å². The van der Waals surface area contributed by atoms with Gasteiger partial charge in [-0.25, -0.2) is 8.37 Å². The van der Waals surface area contributed by atoms with Crippen LogP contribution >= 0.6 is 0 Å². The normalized spacial score (nSPS) is 34.2. The first-order chi connectivity index (χ1) is 15.1. The Morgan fingerprint density at radius 2 is 1.61 bits per heavy atom. The summed E-state index contributed by atoms with van der Waals surface area (Å²) < 4.78 is 109. The average molecular weight is 529 g/mol. The summed E-state index contributed by atoms with van der Waals surface area (Å²) in [4.78, 5) is 0. The minimum Gasteiger partial charge on any atom is -0.362 e. The lowest BCUT2D eigenvalue weighted by Crippen LogP contribution is -2.47. The molecule has 15 heteroatoms. The molecular weight excluding hydrogens is 504 g/mol. The maximum absolute atomic E-state index is 11.5. The molecule has 3 aliphatic carbocycles. The van der Waals surface area contributed by atoms with Gasteiger partial charge in [0.25, 0.3) is 0 Å². The Morgan fingerprint density at radius 3 is 2.21 bits per heavy atom. The Morgan fingerprint density at radius 1 is 0.939 bits per heavy atom. The van der Waals surface area contributed by atoms with Crippen LogP contribution in [0, 0.1) is 17.3 Å². The van der Waals surface area contributed by atoms with Crippen molar-refractivity contribution in [2.24, 2.45) is 17.3 Å². The molecule has 0 unspecified atom stereocenters. The number of fused-ring (bicyclic) bond motifs is 5. The Bertz CT molecular complexity index is 1260. The van der Waals surface area contributed by atoms with Crippen molar-refractivity contribution in [3.8, 4) is 5.75 Å². The minimum atomic E-state index is -4.92. The summed E-state index contributed by atoms with van der Waals surface area (Å²) in [5.41, 5.74) is 0.968. The molecule has 0 radical (unpaired) electrons. The van der Waals surface area contributed by atoms with Gasteiger partial charge in [-0.2, -0.15) is 25.3 Å². The van der Waals surface area contributed by atoms with E-state index in [1.54, 1.807) is 19.1 Å². The van der Waals surface area contributed by atoms with Gasteiger partial charge in [-0.3, -0.25) is 13.7 Å². The molecule has 0 heterocycles. The Kier molecular flexibility index (Phi) is 6.10. The summed E-state index contributed by atoms with van der Waals surface area (Å²) in [7, 11) is -14.5. The van der Waals surface area contributed by atoms with Gasteiger partial charge in [0.05, 0.1) is 0 Å². The van der Waals surface area contributed by atoms with Crippen LogP contribution in [0.2, 0.25) is 0 Å². The molecule has 4 rings (SSSR count). The van der Waals surface area contributed by atoms with Crippen molar-refractivity contribution in [3.63, 3.8) is 0 Å². The third kappa shape index (κ3) is 5.19. The minimum absolute atomic E-state index is 0.00733. The molecule has 3 N–H and O–H groups in total. The van der Waals surface area contributed by atoms with Crippen molar-refractivity contribution in [2.75, 3.05) is 0 Å². The molecule has 0 aliphatic heterocycles. The average Bonchev–Trinajstić information content (AvgIpc) is 2.89. The van der Waals surface area contributed by atoms with Crippen LogP contribution < -0.4 is 4.18 Å². The Balaban J connectivity index is 1.66. The molecule has 0 amide bonds. The molecule has 1 aromatic rings. The molecule has 186 valence electrons. The van der Waals surface area contributed by atoms with Gasteiger partial charge in [-0.15, -0.1) is 0 Å². The number of benzene rings is 1. The molecule has 0 bridgehead atoms. The van der Waals surface area contributed by atoms with Gasteiger partial charge >= 0.3 is 31.2 Å². The first kappa shape index (κ1) is 24.8. The fourth-order valence-corrected chi connectivity index (χ4v) is 7.67. The van der Waals surface area contributed by atoms with E-state index in [4.69, 9.17) is 12.9 Å². The lowest BCUT2D eigenvalue weighted by molar-refractivity contribution is -0.0328. The van der Waals surface area contributed by atoms with Crippen LogP contribution in [0.25, 0.3) is 0 Å². The van der Waals surface area contributed by atoms with Crippen molar-refractivity contribution in [1.29, 1.82) is 0 Å². The van der Waals surface area contributed by atoms with Crippen molar-refractivity contribution in [1.82, 2.24) is 0 Å². The summed E-state index contributed by atoms with van der Waals surface area (Å²) in [5, 5.41) is 0. The Hall–Kier alpha value is -1.33. The van der Waals surface area contributed by atoms with E-state index in [-0.39, 0.29) is 29.9 Å². The summed E-state index contributed by atoms with van der Waals surface area (Å²) in [6.45, 7) is 1.76. The van der Waals surface area contributed by atoms with Crippen LogP contribution in [0.4, 0.5) is 0 Å². The molecule has 6 atom stereocenters. The van der Waals surface area contributed by atoms with E-state index in [0.29, 0.717) is 25.7 Å². The molecule has 1 aromatic carbocycles. The van der Waals surface area contributed by atoms with Crippen LogP contribution in [-0.2, 0) is 46.0 Å². The smallest absolute Gasteiger partial charge is 0.362 e. The number of hydrogen-bond donors (Lipinski definition) is 3. The second kappa shape index (κ2) is 8.12. The topological polar surface area (TPSA) is 191 Å². The van der Waals surface area contributed by atoms with Crippen molar-refractivity contribution < 1.29 is 51.5 Å². The maximum Gasteiger partial charge on any atom is 0.446 e. The first-order valence-electron chi connectivity index (χ1n) is 10.2. The predicted octanol–water partition coefficient (Wildman–Crippen LogP) is 1.71. The van der Waals surface area contributed by atoms with E-state index < -0.39 is 48.8 Å². The largest absolute Gasteiger partial charge is 0.446 e. The molecule has 2 saturated carbocycles. The highest BCUT2D eigenvalue weighted by Gasteiger charge is 2.61. The highest BCUT2D eigenvalue weighted by atomic mass is 32.3. The summed E-state index contributed by atoms with van der Waals surface area (Å²) >= 11 is 0. The van der Waals surface area contributed by atoms with Crippen molar-refractivity contribution in [3.05, 3.63) is 29.3 Å². The van der Waals surface area contributed by atoms with Gasteiger partial charge < -0.3 is 4.18 Å². The molecule has 0 saturated heterocycles. The van der Waals surface area contributed by atoms with Gasteiger partial charge in [0.15, 0.2) is 0 Å². The van der Waals surface area contributed by atoms with E-state index in [1.807, 2.05) is 0 Å². The fourth-order valence-electron chi connectivity index (χ4n) is 6.22. The lowest BCUT2D eigenvalue weighted by atomic mass is 9.55. The SMILES string of the molecule is C[C@@]12CC[C@H]3c4ccc(OS(=O)(=O)O)cc4CC[C@@H]3[C@H]1C[C@H](OS(=O)(=O)O)[C@H]2OS(=O)(=O)O. The zero-order chi connectivity index (χ0) is 24.4. The number of hydrogen-bond acceptors (Lipinski definition) is 9. The molecule has 2 fully saturated rings. The van der Waals surface area contributed by atoms with Crippen LogP contribution in [0.5, 0.6) is 5.75 Å². The second-order valence-corrected chi connectivity index (χ2v) is 12.2. The number of rotatable bonds is 6. The number of aryl methyl sites for hydroxylation is 1. The fraction of sp³-hybridized carbons (Fsp3) is 0.667. The summed E-state index contributed by atoms with van der Waals surface area (Å²) in [6.07, 6.45) is -0.337. The highest BCUT2D eigenvalue weighted by Crippen LogP contribution is 2.62. The maximum atomic E-state index is 11.5. The predicted molar refractivity (Wildman–Crippen MR) is 111 cm³/mol. The van der Waals surface area contributed by atoms with E-state index >= 15 is 0 Å². The molecule has 0 spiro atoms. The second-order valence-electron chi connectivity index (χ2n) is 9.07. The molecule has 3 aliphatic rings. The Labute approximate surface area is 192 Å². The van der Waals surface area contributed by atoms with E-state index in [0.717, 1.165) is 11.1 Å². The van der Waals surface area contributed by atoms with Gasteiger partial charge in [-0.1, -0.05) is 13.0 Å². The zero-order valence-corrected chi connectivity index (χ0v) is 19.8. The van der Waals surface area contributed by atoms with Gasteiger partial charge in [0.2, 0.25) is 0 Å². The lowest BCUT2D eigenvalue weighted by Gasteiger charge is -2.50. The standard InChI is InChI=1S/C18H24O12S3/c1-18-7-6-13-12-5-3-11(28-31(19,20)21)8-10(12)2-4-14(13)15(18)9-16(29-32(22,23)24)17(18)30-33(25,26)27/h3,5,8,13-17H,2,4,6-7,9H2,1H3,(H,19,20,21)(H,22,23,24)(H,25,26,27)/t13-,14-,15+,16-,17+,18+/m0/s1. The van der Waals surface area contributed by atoms with Gasteiger partial charge in [0.1, 0.15) is 18.0 Å². The highest BCUT2D eigenvalue weighted by molar-refractivity contribution is 7.81. The van der Waals surface area contributed by atoms with Crippen LogP contribution in [0.15, 0.2) is 18.2 Å². The summed E-state index contributed by atoms with van der Waals surface area (Å²) in [5.74, 6) is -0.245. The van der Waals surface area contributed by atoms with Gasteiger partial charge in [0, 0.05) is 5.41 Å². The third-order valence-corrected chi connectivity index (χ3v) is 8.63. The molecular formula is C18H24O12S3. The molecule has 0 aromatic heterocycles.